The zero-order valence-corrected chi connectivity index (χ0v) is 16.4. The Bertz CT molecular complexity index is 744. The molecule has 1 aliphatic heterocycles. The summed E-state index contributed by atoms with van der Waals surface area (Å²) >= 11 is 0. The summed E-state index contributed by atoms with van der Waals surface area (Å²) in [5.41, 5.74) is 2.30. The van der Waals surface area contributed by atoms with E-state index in [1.165, 1.54) is 5.56 Å². The Morgan fingerprint density at radius 1 is 1.31 bits per heavy atom. The number of hydrogen-bond acceptors (Lipinski definition) is 4. The SMILES string of the molecule is CNCC1CCCN1C(=O)c1ccc(COc2ccc(C)cc2C)o1.Cl. The van der Waals surface area contributed by atoms with Crippen molar-refractivity contribution >= 4 is 18.3 Å². The van der Waals surface area contributed by atoms with E-state index in [4.69, 9.17) is 9.15 Å². The van der Waals surface area contributed by atoms with Crippen LogP contribution < -0.4 is 10.1 Å². The minimum Gasteiger partial charge on any atom is -0.485 e. The number of nitrogens with one attached hydrogen (secondary N) is 1. The fourth-order valence-corrected chi connectivity index (χ4v) is 3.37. The van der Waals surface area contributed by atoms with Gasteiger partial charge < -0.3 is 19.4 Å². The normalized spacial score (nSPS) is 16.4. The van der Waals surface area contributed by atoms with E-state index in [0.29, 0.717) is 18.1 Å². The number of ether oxygens (including phenoxy) is 1. The molecule has 1 amide bonds. The first-order chi connectivity index (χ1) is 12.1. The zero-order chi connectivity index (χ0) is 17.8. The molecular formula is C20H27ClN2O3. The highest BCUT2D eigenvalue weighted by molar-refractivity contribution is 5.92. The summed E-state index contributed by atoms with van der Waals surface area (Å²) in [6, 6.07) is 9.89. The number of aryl methyl sites for hydroxylation is 2. The molecular weight excluding hydrogens is 352 g/mol. The van der Waals surface area contributed by atoms with Crippen molar-refractivity contribution < 1.29 is 13.9 Å². The Hall–Kier alpha value is -1.98. The maximum atomic E-state index is 12.7. The van der Waals surface area contributed by atoms with E-state index in [9.17, 15) is 4.79 Å². The maximum absolute atomic E-state index is 12.7. The molecule has 142 valence electrons. The van der Waals surface area contributed by atoms with Crippen molar-refractivity contribution in [3.05, 3.63) is 53.0 Å². The number of nitrogens with zero attached hydrogens (tertiary/aromatic N) is 1. The van der Waals surface area contributed by atoms with Crippen molar-refractivity contribution in [1.29, 1.82) is 0 Å². The minimum absolute atomic E-state index is 0. The highest BCUT2D eigenvalue weighted by atomic mass is 35.5. The van der Waals surface area contributed by atoms with E-state index in [-0.39, 0.29) is 24.4 Å². The Morgan fingerprint density at radius 3 is 2.85 bits per heavy atom. The fraction of sp³-hybridized carbons (Fsp3) is 0.450. The third-order valence-electron chi connectivity index (χ3n) is 4.65. The zero-order valence-electron chi connectivity index (χ0n) is 15.6. The van der Waals surface area contributed by atoms with Gasteiger partial charge in [-0.3, -0.25) is 4.79 Å². The van der Waals surface area contributed by atoms with Gasteiger partial charge in [-0.1, -0.05) is 17.7 Å². The summed E-state index contributed by atoms with van der Waals surface area (Å²) in [4.78, 5) is 14.6. The van der Waals surface area contributed by atoms with Crippen molar-refractivity contribution in [1.82, 2.24) is 10.2 Å². The summed E-state index contributed by atoms with van der Waals surface area (Å²) in [6.45, 7) is 6.00. The molecule has 6 heteroatoms. The Kier molecular flexibility index (Phi) is 7.12. The van der Waals surface area contributed by atoms with Crippen LogP contribution in [-0.4, -0.2) is 37.0 Å². The molecule has 2 heterocycles. The molecule has 0 saturated carbocycles. The molecule has 1 aliphatic rings. The molecule has 0 bridgehead atoms. The summed E-state index contributed by atoms with van der Waals surface area (Å²) < 4.78 is 11.6. The van der Waals surface area contributed by atoms with Crippen LogP contribution in [0.4, 0.5) is 0 Å². The van der Waals surface area contributed by atoms with Crippen LogP contribution in [0.2, 0.25) is 0 Å². The molecule has 1 saturated heterocycles. The first-order valence-electron chi connectivity index (χ1n) is 8.83. The lowest BCUT2D eigenvalue weighted by Gasteiger charge is -2.23. The van der Waals surface area contributed by atoms with Crippen LogP contribution in [-0.2, 0) is 6.61 Å². The number of furan rings is 1. The van der Waals surface area contributed by atoms with Gasteiger partial charge in [-0.25, -0.2) is 0 Å². The van der Waals surface area contributed by atoms with Gasteiger partial charge in [0.15, 0.2) is 5.76 Å². The van der Waals surface area contributed by atoms with Gasteiger partial charge in [0.1, 0.15) is 18.1 Å². The van der Waals surface area contributed by atoms with Gasteiger partial charge in [0.2, 0.25) is 0 Å². The Balaban J connectivity index is 0.00000243. The molecule has 5 nitrogen and oxygen atoms in total. The number of likely N-dealkylation sites (N-methyl/N-ethyl adjacent to an activating group) is 1. The van der Waals surface area contributed by atoms with Gasteiger partial charge in [0.05, 0.1) is 0 Å². The summed E-state index contributed by atoms with van der Waals surface area (Å²) in [6.07, 6.45) is 2.08. The van der Waals surface area contributed by atoms with Gasteiger partial charge >= 0.3 is 0 Å². The second kappa shape index (κ2) is 9.10. The molecule has 2 aromatic rings. The van der Waals surface area contributed by atoms with E-state index >= 15 is 0 Å². The molecule has 26 heavy (non-hydrogen) atoms. The smallest absolute Gasteiger partial charge is 0.289 e. The summed E-state index contributed by atoms with van der Waals surface area (Å²) in [7, 11) is 1.91. The third kappa shape index (κ3) is 4.59. The second-order valence-corrected chi connectivity index (χ2v) is 6.68. The standard InChI is InChI=1S/C20H26N2O3.ClH/c1-14-6-8-18(15(2)11-14)24-13-17-7-9-19(25-17)20(23)22-10-4-5-16(22)12-21-3;/h6-9,11,16,21H,4-5,10,12-13H2,1-3H3;1H. The first kappa shape index (κ1) is 20.3. The van der Waals surface area contributed by atoms with Crippen LogP contribution >= 0.6 is 12.4 Å². The van der Waals surface area contributed by atoms with Crippen LogP contribution in [0.15, 0.2) is 34.7 Å². The van der Waals surface area contributed by atoms with Gasteiger partial charge in [-0.2, -0.15) is 0 Å². The van der Waals surface area contributed by atoms with E-state index in [2.05, 4.69) is 18.3 Å². The molecule has 0 aliphatic carbocycles. The quantitative estimate of drug-likeness (QED) is 0.832. The van der Waals surface area contributed by atoms with E-state index in [1.807, 2.05) is 37.1 Å². The van der Waals surface area contributed by atoms with Gasteiger partial charge in [0.25, 0.3) is 5.91 Å². The van der Waals surface area contributed by atoms with E-state index in [1.54, 1.807) is 6.07 Å². The molecule has 3 rings (SSSR count). The monoisotopic (exact) mass is 378 g/mol. The molecule has 1 unspecified atom stereocenters. The minimum atomic E-state index is -0.0319. The number of hydrogen-bond donors (Lipinski definition) is 1. The molecule has 0 spiro atoms. The number of carbonyl (C=O) groups is 1. The topological polar surface area (TPSA) is 54.7 Å². The largest absolute Gasteiger partial charge is 0.485 e. The van der Waals surface area contributed by atoms with Crippen LogP contribution in [0, 0.1) is 13.8 Å². The lowest BCUT2D eigenvalue weighted by molar-refractivity contribution is 0.0700. The molecule has 1 atom stereocenters. The predicted molar refractivity (Wildman–Crippen MR) is 104 cm³/mol. The highest BCUT2D eigenvalue weighted by Gasteiger charge is 2.30. The van der Waals surface area contributed by atoms with Crippen molar-refractivity contribution in [3.8, 4) is 5.75 Å². The van der Waals surface area contributed by atoms with E-state index < -0.39 is 0 Å². The van der Waals surface area contributed by atoms with Crippen LogP contribution in [0.5, 0.6) is 5.75 Å². The van der Waals surface area contributed by atoms with Crippen molar-refractivity contribution in [2.45, 2.75) is 39.3 Å². The summed E-state index contributed by atoms with van der Waals surface area (Å²) in [5.74, 6) is 1.86. The van der Waals surface area contributed by atoms with Crippen LogP contribution in [0.1, 0.15) is 40.3 Å². The van der Waals surface area contributed by atoms with Gasteiger partial charge in [0, 0.05) is 19.1 Å². The number of carbonyl (C=O) groups excluding carboxylic acids is 1. The lowest BCUT2D eigenvalue weighted by atomic mass is 10.1. The average Bonchev–Trinajstić information content (AvgIpc) is 3.23. The number of halogens is 1. The number of rotatable bonds is 6. The van der Waals surface area contributed by atoms with Crippen molar-refractivity contribution in [3.63, 3.8) is 0 Å². The molecule has 1 N–H and O–H groups in total. The molecule has 0 radical (unpaired) electrons. The molecule has 1 aromatic carbocycles. The predicted octanol–water partition coefficient (Wildman–Crippen LogP) is 3.72. The van der Waals surface area contributed by atoms with E-state index in [0.717, 1.165) is 37.2 Å². The number of amides is 1. The maximum Gasteiger partial charge on any atom is 0.289 e. The van der Waals surface area contributed by atoms with Crippen LogP contribution in [0.3, 0.4) is 0 Å². The fourth-order valence-electron chi connectivity index (χ4n) is 3.37. The van der Waals surface area contributed by atoms with Crippen molar-refractivity contribution in [2.24, 2.45) is 0 Å². The Morgan fingerprint density at radius 2 is 2.12 bits per heavy atom. The average molecular weight is 379 g/mol. The second-order valence-electron chi connectivity index (χ2n) is 6.68. The Labute approximate surface area is 161 Å². The molecule has 1 aromatic heterocycles. The first-order valence-corrected chi connectivity index (χ1v) is 8.83. The highest BCUT2D eigenvalue weighted by Crippen LogP contribution is 2.23. The third-order valence-corrected chi connectivity index (χ3v) is 4.65. The lowest BCUT2D eigenvalue weighted by Crippen LogP contribution is -2.40. The number of likely N-dealkylation sites (tertiary alicyclic amines) is 1. The van der Waals surface area contributed by atoms with Crippen molar-refractivity contribution in [2.75, 3.05) is 20.1 Å². The van der Waals surface area contributed by atoms with Crippen LogP contribution in [0.25, 0.3) is 0 Å². The van der Waals surface area contributed by atoms with Gasteiger partial charge in [-0.05, 0) is 57.5 Å². The summed E-state index contributed by atoms with van der Waals surface area (Å²) in [5, 5.41) is 3.15. The number of benzene rings is 1. The molecule has 1 fully saturated rings. The van der Waals surface area contributed by atoms with Gasteiger partial charge in [-0.15, -0.1) is 12.4 Å².